The van der Waals surface area contributed by atoms with Gasteiger partial charge in [0.1, 0.15) is 0 Å². The Morgan fingerprint density at radius 2 is 1.57 bits per heavy atom. The third-order valence-corrected chi connectivity index (χ3v) is 4.80. The first-order valence-corrected chi connectivity index (χ1v) is 7.81. The molecular formula is C14H18BF3O2S. The third-order valence-electron chi connectivity index (χ3n) is 4.07. The monoisotopic (exact) mass is 318 g/mol. The molecule has 0 atom stereocenters. The summed E-state index contributed by atoms with van der Waals surface area (Å²) >= 11 is 1.27. The van der Waals surface area contributed by atoms with E-state index in [9.17, 15) is 13.2 Å². The molecule has 1 saturated heterocycles. The summed E-state index contributed by atoms with van der Waals surface area (Å²) in [5.74, 6) is 0. The van der Waals surface area contributed by atoms with Crippen LogP contribution >= 0.6 is 11.8 Å². The van der Waals surface area contributed by atoms with Crippen LogP contribution in [0.1, 0.15) is 33.3 Å². The molecule has 21 heavy (non-hydrogen) atoms. The molecule has 0 N–H and O–H groups in total. The van der Waals surface area contributed by atoms with Crippen molar-refractivity contribution >= 4 is 24.3 Å². The molecule has 7 heteroatoms. The van der Waals surface area contributed by atoms with Gasteiger partial charge in [0.15, 0.2) is 0 Å². The van der Waals surface area contributed by atoms with Crippen molar-refractivity contribution in [2.75, 3.05) is 6.26 Å². The van der Waals surface area contributed by atoms with Crippen LogP contribution in [0.4, 0.5) is 13.2 Å². The van der Waals surface area contributed by atoms with Gasteiger partial charge >= 0.3 is 13.3 Å². The van der Waals surface area contributed by atoms with Crippen LogP contribution in [0.5, 0.6) is 0 Å². The lowest BCUT2D eigenvalue weighted by molar-refractivity contribution is -0.137. The second-order valence-electron chi connectivity index (χ2n) is 6.04. The summed E-state index contributed by atoms with van der Waals surface area (Å²) in [5.41, 5.74) is -2.01. The van der Waals surface area contributed by atoms with E-state index in [2.05, 4.69) is 0 Å². The van der Waals surface area contributed by atoms with Crippen LogP contribution < -0.4 is 5.46 Å². The molecule has 0 saturated carbocycles. The largest absolute Gasteiger partial charge is 0.495 e. The summed E-state index contributed by atoms with van der Waals surface area (Å²) in [4.78, 5) is 0.558. The molecule has 1 aliphatic heterocycles. The lowest BCUT2D eigenvalue weighted by Gasteiger charge is -2.32. The van der Waals surface area contributed by atoms with Crippen molar-refractivity contribution in [2.45, 2.75) is 50.0 Å². The van der Waals surface area contributed by atoms with Crippen LogP contribution in [0.2, 0.25) is 0 Å². The number of hydrogen-bond acceptors (Lipinski definition) is 3. The highest BCUT2D eigenvalue weighted by Gasteiger charge is 2.53. The molecule has 1 aliphatic rings. The van der Waals surface area contributed by atoms with Gasteiger partial charge in [-0.05, 0) is 51.5 Å². The predicted molar refractivity (Wildman–Crippen MR) is 78.9 cm³/mol. The minimum Gasteiger partial charge on any atom is -0.399 e. The van der Waals surface area contributed by atoms with Gasteiger partial charge in [-0.25, -0.2) is 0 Å². The maximum Gasteiger partial charge on any atom is 0.495 e. The Morgan fingerprint density at radius 1 is 1.05 bits per heavy atom. The first-order valence-electron chi connectivity index (χ1n) is 6.59. The number of hydrogen-bond donors (Lipinski definition) is 0. The number of alkyl halides is 3. The van der Waals surface area contributed by atoms with E-state index >= 15 is 0 Å². The SMILES string of the molecule is CSc1ccc(B2OC(C)(C)C(C)(C)O2)c(C(F)(F)F)c1. The number of thioether (sulfide) groups is 1. The Morgan fingerprint density at radius 3 is 2.00 bits per heavy atom. The van der Waals surface area contributed by atoms with E-state index in [4.69, 9.17) is 9.31 Å². The van der Waals surface area contributed by atoms with E-state index in [0.717, 1.165) is 6.07 Å². The number of halogens is 3. The average Bonchev–Trinajstić information content (AvgIpc) is 2.56. The second-order valence-corrected chi connectivity index (χ2v) is 6.92. The van der Waals surface area contributed by atoms with Crippen molar-refractivity contribution in [3.05, 3.63) is 23.8 Å². The lowest BCUT2D eigenvalue weighted by Crippen LogP contribution is -2.41. The van der Waals surface area contributed by atoms with E-state index in [-0.39, 0.29) is 5.46 Å². The highest BCUT2D eigenvalue weighted by molar-refractivity contribution is 7.98. The highest BCUT2D eigenvalue weighted by Crippen LogP contribution is 2.38. The predicted octanol–water partition coefficient (Wildman–Crippen LogP) is 3.73. The molecule has 116 valence electrons. The number of rotatable bonds is 2. The lowest BCUT2D eigenvalue weighted by atomic mass is 9.76. The molecule has 1 fully saturated rings. The number of benzene rings is 1. The van der Waals surface area contributed by atoms with Crippen LogP contribution in [0.15, 0.2) is 23.1 Å². The van der Waals surface area contributed by atoms with Crippen LogP contribution in [0, 0.1) is 0 Å². The summed E-state index contributed by atoms with van der Waals surface area (Å²) in [6.07, 6.45) is -2.70. The molecule has 1 heterocycles. The maximum absolute atomic E-state index is 13.3. The van der Waals surface area contributed by atoms with E-state index in [0.29, 0.717) is 4.90 Å². The molecule has 1 aromatic rings. The normalized spacial score (nSPS) is 20.9. The highest BCUT2D eigenvalue weighted by atomic mass is 32.2. The van der Waals surface area contributed by atoms with Gasteiger partial charge in [0.2, 0.25) is 0 Å². The smallest absolute Gasteiger partial charge is 0.399 e. The zero-order valence-electron chi connectivity index (χ0n) is 12.7. The fourth-order valence-electron chi connectivity index (χ4n) is 2.08. The average molecular weight is 318 g/mol. The third kappa shape index (κ3) is 3.10. The van der Waals surface area contributed by atoms with Gasteiger partial charge in [0, 0.05) is 4.90 Å². The van der Waals surface area contributed by atoms with E-state index in [1.807, 2.05) is 27.7 Å². The van der Waals surface area contributed by atoms with Crippen LogP contribution in [-0.2, 0) is 15.5 Å². The molecule has 0 radical (unpaired) electrons. The van der Waals surface area contributed by atoms with Gasteiger partial charge < -0.3 is 9.31 Å². The first kappa shape index (κ1) is 16.7. The van der Waals surface area contributed by atoms with Gasteiger partial charge in [0.25, 0.3) is 0 Å². The summed E-state index contributed by atoms with van der Waals surface area (Å²) in [7, 11) is -1.01. The van der Waals surface area contributed by atoms with Crippen molar-refractivity contribution in [2.24, 2.45) is 0 Å². The minimum absolute atomic E-state index is 0.0268. The molecule has 0 bridgehead atoms. The molecule has 0 spiro atoms. The summed E-state index contributed by atoms with van der Waals surface area (Å²) in [6, 6.07) is 4.24. The van der Waals surface area contributed by atoms with E-state index in [1.54, 1.807) is 12.3 Å². The second kappa shape index (κ2) is 5.21. The fraction of sp³-hybridized carbons (Fsp3) is 0.571. The van der Waals surface area contributed by atoms with Gasteiger partial charge in [0.05, 0.1) is 16.8 Å². The molecular weight excluding hydrogens is 300 g/mol. The Bertz CT molecular complexity index is 528. The summed E-state index contributed by atoms with van der Waals surface area (Å²) in [6.45, 7) is 7.26. The van der Waals surface area contributed by atoms with Crippen LogP contribution in [-0.4, -0.2) is 24.6 Å². The Labute approximate surface area is 127 Å². The fourth-order valence-corrected chi connectivity index (χ4v) is 2.52. The van der Waals surface area contributed by atoms with Gasteiger partial charge in [-0.1, -0.05) is 6.07 Å². The zero-order valence-corrected chi connectivity index (χ0v) is 13.5. The topological polar surface area (TPSA) is 18.5 Å². The van der Waals surface area contributed by atoms with Crippen molar-refractivity contribution < 1.29 is 22.5 Å². The molecule has 0 amide bonds. The minimum atomic E-state index is -4.44. The summed E-state index contributed by atoms with van der Waals surface area (Å²) in [5, 5.41) is 0. The standard InChI is InChI=1S/C14H18BF3O2S/c1-12(2)13(3,4)20-15(19-12)11-7-6-9(21-5)8-10(11)14(16,17)18/h6-8H,1-5H3. The Balaban J connectivity index is 2.46. The van der Waals surface area contributed by atoms with Crippen molar-refractivity contribution in [1.29, 1.82) is 0 Å². The zero-order chi connectivity index (χ0) is 16.1. The van der Waals surface area contributed by atoms with Crippen LogP contribution in [0.25, 0.3) is 0 Å². The Hall–Kier alpha value is -0.655. The van der Waals surface area contributed by atoms with E-state index < -0.39 is 30.1 Å². The van der Waals surface area contributed by atoms with Gasteiger partial charge in [-0.15, -0.1) is 11.8 Å². The van der Waals surface area contributed by atoms with Gasteiger partial charge in [-0.3, -0.25) is 0 Å². The molecule has 2 nitrogen and oxygen atoms in total. The molecule has 0 unspecified atom stereocenters. The molecule has 2 rings (SSSR count). The van der Waals surface area contributed by atoms with Crippen LogP contribution in [0.3, 0.4) is 0 Å². The van der Waals surface area contributed by atoms with Crippen molar-refractivity contribution in [3.63, 3.8) is 0 Å². The molecule has 1 aromatic carbocycles. The quantitative estimate of drug-likeness (QED) is 0.611. The molecule has 0 aliphatic carbocycles. The van der Waals surface area contributed by atoms with Crippen molar-refractivity contribution in [1.82, 2.24) is 0 Å². The summed E-state index contributed by atoms with van der Waals surface area (Å²) < 4.78 is 51.3. The van der Waals surface area contributed by atoms with Crippen molar-refractivity contribution in [3.8, 4) is 0 Å². The first-order chi connectivity index (χ1) is 9.48. The maximum atomic E-state index is 13.3. The molecule has 0 aromatic heterocycles. The Kier molecular flexibility index (Phi) is 4.15. The van der Waals surface area contributed by atoms with E-state index in [1.165, 1.54) is 17.8 Å². The van der Waals surface area contributed by atoms with Gasteiger partial charge in [-0.2, -0.15) is 13.2 Å².